The first kappa shape index (κ1) is 16.6. The summed E-state index contributed by atoms with van der Waals surface area (Å²) in [5, 5.41) is 5.55. The van der Waals surface area contributed by atoms with Crippen molar-refractivity contribution in [2.75, 3.05) is 23.9 Å². The van der Waals surface area contributed by atoms with Gasteiger partial charge in [0.25, 0.3) is 0 Å². The average Bonchev–Trinajstić information content (AvgIpc) is 2.43. The quantitative estimate of drug-likeness (QED) is 0.569. The Morgan fingerprint density at radius 3 is 2.70 bits per heavy atom. The molecule has 0 aromatic heterocycles. The Morgan fingerprint density at radius 1 is 1.20 bits per heavy atom. The summed E-state index contributed by atoms with van der Waals surface area (Å²) in [6, 6.07) is 6.71. The fraction of sp³-hybridized carbons (Fsp3) is 0.467. The van der Waals surface area contributed by atoms with Crippen molar-refractivity contribution in [3.05, 3.63) is 29.8 Å². The van der Waals surface area contributed by atoms with E-state index < -0.39 is 0 Å². The van der Waals surface area contributed by atoms with Gasteiger partial charge in [-0.25, -0.2) is 4.79 Å². The Hall–Kier alpha value is -1.49. The van der Waals surface area contributed by atoms with Crippen LogP contribution in [0.2, 0.25) is 0 Å². The molecule has 20 heavy (non-hydrogen) atoms. The Morgan fingerprint density at radius 2 is 2.00 bits per heavy atom. The van der Waals surface area contributed by atoms with Crippen molar-refractivity contribution < 1.29 is 9.59 Å². The molecule has 0 spiro atoms. The van der Waals surface area contributed by atoms with Crippen molar-refractivity contribution in [2.45, 2.75) is 26.2 Å². The Bertz CT molecular complexity index is 449. The number of carbonyl (C=O) groups is 2. The van der Waals surface area contributed by atoms with E-state index in [4.69, 9.17) is 0 Å². The van der Waals surface area contributed by atoms with Gasteiger partial charge in [0.15, 0.2) is 5.78 Å². The predicted octanol–water partition coefficient (Wildman–Crippen LogP) is 3.54. The molecule has 0 atom stereocenters. The van der Waals surface area contributed by atoms with Gasteiger partial charge in [0.1, 0.15) is 0 Å². The molecule has 0 saturated carbocycles. The second-order valence-electron chi connectivity index (χ2n) is 4.57. The Balaban J connectivity index is 2.28. The van der Waals surface area contributed by atoms with Crippen LogP contribution in [0.1, 0.15) is 36.5 Å². The largest absolute Gasteiger partial charge is 0.338 e. The molecule has 110 valence electrons. The number of ketones is 1. The summed E-state index contributed by atoms with van der Waals surface area (Å²) in [4.78, 5) is 22.9. The minimum Gasteiger partial charge on any atom is -0.338 e. The molecule has 0 radical (unpaired) electrons. The van der Waals surface area contributed by atoms with E-state index >= 15 is 0 Å². The maximum Gasteiger partial charge on any atom is 0.319 e. The van der Waals surface area contributed by atoms with Gasteiger partial charge in [0, 0.05) is 17.8 Å². The smallest absolute Gasteiger partial charge is 0.319 e. The number of hydrogen-bond acceptors (Lipinski definition) is 3. The molecular formula is C15H22N2O2S. The number of anilines is 1. The molecule has 0 unspecified atom stereocenters. The Kier molecular flexibility index (Phi) is 7.80. The predicted molar refractivity (Wildman–Crippen MR) is 85.7 cm³/mol. The average molecular weight is 294 g/mol. The summed E-state index contributed by atoms with van der Waals surface area (Å²) in [7, 11) is 0. The fourth-order valence-electron chi connectivity index (χ4n) is 1.74. The standard InChI is InChI=1S/C15H22N2O2S/c1-12(18)13-7-6-8-14(11-13)17-15(19)16-9-4-3-5-10-20-2/h6-8,11H,3-5,9-10H2,1-2H3,(H2,16,17,19). The van der Waals surface area contributed by atoms with Gasteiger partial charge < -0.3 is 10.6 Å². The molecule has 0 bridgehead atoms. The molecule has 0 heterocycles. The van der Waals surface area contributed by atoms with Crippen LogP contribution in [0.4, 0.5) is 10.5 Å². The lowest BCUT2D eigenvalue weighted by atomic mass is 10.1. The van der Waals surface area contributed by atoms with Crippen LogP contribution in [0.25, 0.3) is 0 Å². The van der Waals surface area contributed by atoms with E-state index in [1.807, 2.05) is 11.8 Å². The molecule has 1 aromatic carbocycles. The summed E-state index contributed by atoms with van der Waals surface area (Å²) < 4.78 is 0. The second-order valence-corrected chi connectivity index (χ2v) is 5.56. The Labute approximate surface area is 124 Å². The topological polar surface area (TPSA) is 58.2 Å². The second kappa shape index (κ2) is 9.42. The van der Waals surface area contributed by atoms with Crippen LogP contribution in [0.3, 0.4) is 0 Å². The van der Waals surface area contributed by atoms with Gasteiger partial charge in [-0.2, -0.15) is 11.8 Å². The van der Waals surface area contributed by atoms with Crippen molar-refractivity contribution in [1.82, 2.24) is 5.32 Å². The van der Waals surface area contributed by atoms with E-state index in [2.05, 4.69) is 16.9 Å². The summed E-state index contributed by atoms with van der Waals surface area (Å²) in [6.45, 7) is 2.18. The molecule has 1 aromatic rings. The van der Waals surface area contributed by atoms with E-state index in [0.717, 1.165) is 12.8 Å². The molecule has 0 aliphatic heterocycles. The lowest BCUT2D eigenvalue weighted by Crippen LogP contribution is -2.29. The van der Waals surface area contributed by atoms with Gasteiger partial charge in [-0.15, -0.1) is 0 Å². The number of amides is 2. The molecular weight excluding hydrogens is 272 g/mol. The van der Waals surface area contributed by atoms with Crippen LogP contribution in [0, 0.1) is 0 Å². The van der Waals surface area contributed by atoms with Crippen molar-refractivity contribution >= 4 is 29.3 Å². The number of urea groups is 1. The van der Waals surface area contributed by atoms with Gasteiger partial charge in [0.05, 0.1) is 0 Å². The van der Waals surface area contributed by atoms with E-state index in [9.17, 15) is 9.59 Å². The molecule has 2 N–H and O–H groups in total. The highest BCUT2D eigenvalue weighted by molar-refractivity contribution is 7.98. The molecule has 4 nitrogen and oxygen atoms in total. The third-order valence-corrected chi connectivity index (χ3v) is 3.53. The van der Waals surface area contributed by atoms with Gasteiger partial charge in [0.2, 0.25) is 0 Å². The summed E-state index contributed by atoms with van der Waals surface area (Å²) >= 11 is 1.84. The van der Waals surface area contributed by atoms with E-state index in [1.165, 1.54) is 19.1 Å². The third kappa shape index (κ3) is 6.61. The number of carbonyl (C=O) groups excluding carboxylic acids is 2. The molecule has 0 fully saturated rings. The minimum absolute atomic E-state index is 0.0112. The zero-order chi connectivity index (χ0) is 14.8. The van der Waals surface area contributed by atoms with Gasteiger partial charge >= 0.3 is 6.03 Å². The molecule has 0 saturated heterocycles. The van der Waals surface area contributed by atoms with E-state index in [1.54, 1.807) is 24.3 Å². The van der Waals surface area contributed by atoms with Crippen LogP contribution in [0.15, 0.2) is 24.3 Å². The normalized spacial score (nSPS) is 10.1. The lowest BCUT2D eigenvalue weighted by Gasteiger charge is -2.08. The summed E-state index contributed by atoms with van der Waals surface area (Å²) in [6.07, 6.45) is 5.40. The zero-order valence-electron chi connectivity index (χ0n) is 12.1. The molecule has 5 heteroatoms. The number of rotatable bonds is 8. The van der Waals surface area contributed by atoms with Gasteiger partial charge in [-0.05, 0) is 43.9 Å². The first-order valence-corrected chi connectivity index (χ1v) is 8.17. The molecule has 0 aliphatic rings. The maximum absolute atomic E-state index is 11.7. The molecule has 1 rings (SSSR count). The fourth-order valence-corrected chi connectivity index (χ4v) is 2.23. The number of Topliss-reactive ketones (excluding diaryl/α,β-unsaturated/α-hetero) is 1. The highest BCUT2D eigenvalue weighted by atomic mass is 32.2. The number of thioether (sulfide) groups is 1. The van der Waals surface area contributed by atoms with Crippen LogP contribution < -0.4 is 10.6 Å². The SMILES string of the molecule is CSCCCCCNC(=O)Nc1cccc(C(C)=O)c1. The van der Waals surface area contributed by atoms with Crippen LogP contribution in [-0.4, -0.2) is 30.4 Å². The lowest BCUT2D eigenvalue weighted by molar-refractivity contribution is 0.101. The maximum atomic E-state index is 11.7. The van der Waals surface area contributed by atoms with Crippen LogP contribution in [0.5, 0.6) is 0 Å². The number of unbranched alkanes of at least 4 members (excludes halogenated alkanes) is 2. The number of nitrogens with one attached hydrogen (secondary N) is 2. The van der Waals surface area contributed by atoms with E-state index in [-0.39, 0.29) is 11.8 Å². The van der Waals surface area contributed by atoms with Crippen molar-refractivity contribution in [3.8, 4) is 0 Å². The first-order valence-electron chi connectivity index (χ1n) is 6.78. The molecule has 2 amide bonds. The zero-order valence-corrected chi connectivity index (χ0v) is 12.9. The van der Waals surface area contributed by atoms with E-state index in [0.29, 0.717) is 17.8 Å². The van der Waals surface area contributed by atoms with Crippen molar-refractivity contribution in [2.24, 2.45) is 0 Å². The highest BCUT2D eigenvalue weighted by Gasteiger charge is 2.03. The summed E-state index contributed by atoms with van der Waals surface area (Å²) in [5.74, 6) is 1.16. The van der Waals surface area contributed by atoms with Crippen molar-refractivity contribution in [1.29, 1.82) is 0 Å². The number of hydrogen-bond donors (Lipinski definition) is 2. The van der Waals surface area contributed by atoms with Gasteiger partial charge in [-0.1, -0.05) is 18.6 Å². The molecule has 0 aliphatic carbocycles. The summed E-state index contributed by atoms with van der Waals surface area (Å²) in [5.41, 5.74) is 1.23. The van der Waals surface area contributed by atoms with Gasteiger partial charge in [-0.3, -0.25) is 4.79 Å². The monoisotopic (exact) mass is 294 g/mol. The first-order chi connectivity index (χ1) is 9.63. The minimum atomic E-state index is -0.226. The van der Waals surface area contributed by atoms with Crippen molar-refractivity contribution in [3.63, 3.8) is 0 Å². The third-order valence-electron chi connectivity index (χ3n) is 2.84. The van der Waals surface area contributed by atoms with Crippen LogP contribution in [-0.2, 0) is 0 Å². The number of benzene rings is 1. The highest BCUT2D eigenvalue weighted by Crippen LogP contribution is 2.11. The van der Waals surface area contributed by atoms with Crippen LogP contribution >= 0.6 is 11.8 Å².